The molecular formula is C29H32BrCl2N3O4S. The minimum absolute atomic E-state index is 0.0148. The van der Waals surface area contributed by atoms with Gasteiger partial charge in [-0.3, -0.25) is 13.9 Å². The van der Waals surface area contributed by atoms with Crippen molar-refractivity contribution in [3.63, 3.8) is 0 Å². The third-order valence-electron chi connectivity index (χ3n) is 5.97. The van der Waals surface area contributed by atoms with Gasteiger partial charge in [0.05, 0.1) is 15.6 Å². The topological polar surface area (TPSA) is 86.8 Å². The molecule has 2 amide bonds. The van der Waals surface area contributed by atoms with E-state index < -0.39 is 34.1 Å². The lowest BCUT2D eigenvalue weighted by Crippen LogP contribution is -2.54. The molecule has 11 heteroatoms. The Kier molecular flexibility index (Phi) is 10.3. The lowest BCUT2D eigenvalue weighted by molar-refractivity contribution is -0.140. The molecule has 3 aromatic carbocycles. The summed E-state index contributed by atoms with van der Waals surface area (Å²) in [6.07, 6.45) is 0. The molecular weight excluding hydrogens is 637 g/mol. The van der Waals surface area contributed by atoms with Gasteiger partial charge in [0.1, 0.15) is 12.6 Å². The summed E-state index contributed by atoms with van der Waals surface area (Å²) in [5.74, 6) is -0.965. The zero-order valence-corrected chi connectivity index (χ0v) is 26.8. The minimum Gasteiger partial charge on any atom is -0.350 e. The molecule has 0 aromatic heterocycles. The van der Waals surface area contributed by atoms with E-state index in [1.54, 1.807) is 19.1 Å². The first-order chi connectivity index (χ1) is 18.6. The summed E-state index contributed by atoms with van der Waals surface area (Å²) in [4.78, 5) is 28.5. The third kappa shape index (κ3) is 8.22. The standard InChI is InChI=1S/C29H32BrCl2N3O4S/c1-19-9-12-24(13-10-19)40(38,39)35(26-16-23(31)11-14-25(26)32)18-27(36)34(17-21-7-6-8-22(30)15-21)20(2)28(37)33-29(3,4)5/h6-16,20H,17-18H2,1-5H3,(H,33,37)/t20-/m0/s1. The van der Waals surface area contributed by atoms with E-state index in [2.05, 4.69) is 21.2 Å². The minimum atomic E-state index is -4.26. The number of carbonyl (C=O) groups excluding carboxylic acids is 2. The Morgan fingerprint density at radius 3 is 2.25 bits per heavy atom. The molecule has 7 nitrogen and oxygen atoms in total. The van der Waals surface area contributed by atoms with Gasteiger partial charge in [0, 0.05) is 21.6 Å². The molecule has 0 aliphatic carbocycles. The van der Waals surface area contributed by atoms with Gasteiger partial charge in [-0.1, -0.05) is 69.0 Å². The average Bonchev–Trinajstić information content (AvgIpc) is 2.86. The second kappa shape index (κ2) is 12.9. The number of aryl methyl sites for hydroxylation is 1. The molecule has 3 rings (SSSR count). The molecule has 0 aliphatic heterocycles. The van der Waals surface area contributed by atoms with E-state index in [-0.39, 0.29) is 33.1 Å². The van der Waals surface area contributed by atoms with Gasteiger partial charge in [0.2, 0.25) is 11.8 Å². The summed E-state index contributed by atoms with van der Waals surface area (Å²) in [7, 11) is -4.26. The highest BCUT2D eigenvalue weighted by molar-refractivity contribution is 9.10. The maximum absolute atomic E-state index is 14.0. The quantitative estimate of drug-likeness (QED) is 0.279. The number of rotatable bonds is 9. The summed E-state index contributed by atoms with van der Waals surface area (Å²) >= 11 is 16.1. The molecule has 214 valence electrons. The molecule has 0 bridgehead atoms. The smallest absolute Gasteiger partial charge is 0.264 e. The summed E-state index contributed by atoms with van der Waals surface area (Å²) in [5.41, 5.74) is 1.15. The Morgan fingerprint density at radius 1 is 1.00 bits per heavy atom. The monoisotopic (exact) mass is 667 g/mol. The summed E-state index contributed by atoms with van der Waals surface area (Å²) in [6, 6.07) is 17.1. The van der Waals surface area contributed by atoms with Crippen molar-refractivity contribution >= 4 is 66.7 Å². The Balaban J connectivity index is 2.08. The Hall–Kier alpha value is -2.59. The van der Waals surface area contributed by atoms with Gasteiger partial charge in [-0.15, -0.1) is 0 Å². The van der Waals surface area contributed by atoms with Gasteiger partial charge >= 0.3 is 0 Å². The van der Waals surface area contributed by atoms with Crippen LogP contribution >= 0.6 is 39.1 Å². The van der Waals surface area contributed by atoms with Crippen LogP contribution in [0, 0.1) is 6.92 Å². The van der Waals surface area contributed by atoms with E-state index in [0.717, 1.165) is 19.9 Å². The maximum Gasteiger partial charge on any atom is 0.264 e. The number of halogens is 3. The Bertz CT molecular complexity index is 1490. The highest BCUT2D eigenvalue weighted by Crippen LogP contribution is 2.33. The SMILES string of the molecule is Cc1ccc(S(=O)(=O)N(CC(=O)N(Cc2cccc(Br)c2)[C@@H](C)C(=O)NC(C)(C)C)c2cc(Cl)ccc2Cl)cc1. The molecule has 0 fully saturated rings. The van der Waals surface area contributed by atoms with Crippen LogP contribution in [0.25, 0.3) is 0 Å². The normalized spacial score (nSPS) is 12.5. The summed E-state index contributed by atoms with van der Waals surface area (Å²) < 4.78 is 29.6. The summed E-state index contributed by atoms with van der Waals surface area (Å²) in [5, 5.41) is 3.25. The molecule has 0 aliphatic rings. The molecule has 0 saturated heterocycles. The van der Waals surface area contributed by atoms with Gasteiger partial charge in [-0.2, -0.15) is 0 Å². The number of carbonyl (C=O) groups is 2. The number of sulfonamides is 1. The van der Waals surface area contributed by atoms with E-state index in [1.807, 2.05) is 52.0 Å². The molecule has 0 saturated carbocycles. The zero-order chi connectivity index (χ0) is 29.8. The van der Waals surface area contributed by atoms with Crippen LogP contribution in [-0.2, 0) is 26.2 Å². The molecule has 1 N–H and O–H groups in total. The molecule has 0 unspecified atom stereocenters. The zero-order valence-electron chi connectivity index (χ0n) is 22.9. The molecule has 3 aromatic rings. The Labute approximate surface area is 254 Å². The van der Waals surface area contributed by atoms with E-state index >= 15 is 0 Å². The van der Waals surface area contributed by atoms with Gasteiger partial charge in [0.25, 0.3) is 10.0 Å². The molecule has 0 spiro atoms. The lowest BCUT2D eigenvalue weighted by atomic mass is 10.1. The van der Waals surface area contributed by atoms with Crippen molar-refractivity contribution in [3.05, 3.63) is 92.4 Å². The second-order valence-electron chi connectivity index (χ2n) is 10.5. The number of benzene rings is 3. The van der Waals surface area contributed by atoms with Crippen molar-refractivity contribution in [1.29, 1.82) is 0 Å². The van der Waals surface area contributed by atoms with Gasteiger partial charge in [-0.25, -0.2) is 8.42 Å². The number of nitrogens with one attached hydrogen (secondary N) is 1. The first-order valence-electron chi connectivity index (χ1n) is 12.5. The molecule has 1 atom stereocenters. The van der Waals surface area contributed by atoms with Crippen LogP contribution in [-0.4, -0.2) is 43.3 Å². The van der Waals surface area contributed by atoms with E-state index in [4.69, 9.17) is 23.2 Å². The number of nitrogens with zero attached hydrogens (tertiary/aromatic N) is 2. The van der Waals surface area contributed by atoms with Gasteiger partial charge in [0.15, 0.2) is 0 Å². The summed E-state index contributed by atoms with van der Waals surface area (Å²) in [6.45, 7) is 8.44. The van der Waals surface area contributed by atoms with Crippen molar-refractivity contribution in [1.82, 2.24) is 10.2 Å². The first-order valence-corrected chi connectivity index (χ1v) is 15.5. The molecule has 0 heterocycles. The fraction of sp³-hybridized carbons (Fsp3) is 0.310. The van der Waals surface area contributed by atoms with E-state index in [1.165, 1.54) is 35.2 Å². The maximum atomic E-state index is 14.0. The largest absolute Gasteiger partial charge is 0.350 e. The van der Waals surface area contributed by atoms with Crippen LogP contribution in [0.1, 0.15) is 38.8 Å². The fourth-order valence-electron chi connectivity index (χ4n) is 3.92. The predicted molar refractivity (Wildman–Crippen MR) is 164 cm³/mol. The lowest BCUT2D eigenvalue weighted by Gasteiger charge is -2.33. The van der Waals surface area contributed by atoms with Crippen molar-refractivity contribution in [2.75, 3.05) is 10.8 Å². The molecule has 40 heavy (non-hydrogen) atoms. The van der Waals surface area contributed by atoms with Crippen LogP contribution < -0.4 is 9.62 Å². The number of anilines is 1. The van der Waals surface area contributed by atoms with Gasteiger partial charge in [-0.05, 0) is 82.6 Å². The van der Waals surface area contributed by atoms with E-state index in [9.17, 15) is 18.0 Å². The third-order valence-corrected chi connectivity index (χ3v) is 8.79. The van der Waals surface area contributed by atoms with E-state index in [0.29, 0.717) is 0 Å². The second-order valence-corrected chi connectivity index (χ2v) is 14.1. The number of hydrogen-bond donors (Lipinski definition) is 1. The Morgan fingerprint density at radius 2 is 1.65 bits per heavy atom. The highest BCUT2D eigenvalue weighted by Gasteiger charge is 2.34. The van der Waals surface area contributed by atoms with Crippen molar-refractivity contribution in [2.45, 2.75) is 57.6 Å². The average molecular weight is 669 g/mol. The first kappa shape index (κ1) is 31.9. The van der Waals surface area contributed by atoms with Crippen molar-refractivity contribution < 1.29 is 18.0 Å². The number of hydrogen-bond acceptors (Lipinski definition) is 4. The highest BCUT2D eigenvalue weighted by atomic mass is 79.9. The van der Waals surface area contributed by atoms with Gasteiger partial charge < -0.3 is 10.2 Å². The van der Waals surface area contributed by atoms with Crippen molar-refractivity contribution in [3.8, 4) is 0 Å². The van der Waals surface area contributed by atoms with Crippen LogP contribution in [0.4, 0.5) is 5.69 Å². The molecule has 0 radical (unpaired) electrons. The van der Waals surface area contributed by atoms with Crippen LogP contribution in [0.5, 0.6) is 0 Å². The van der Waals surface area contributed by atoms with Crippen LogP contribution in [0.15, 0.2) is 76.1 Å². The van der Waals surface area contributed by atoms with Crippen LogP contribution in [0.2, 0.25) is 10.0 Å². The fourth-order valence-corrected chi connectivity index (χ4v) is 6.22. The van der Waals surface area contributed by atoms with Crippen molar-refractivity contribution in [2.24, 2.45) is 0 Å². The number of amides is 2. The van der Waals surface area contributed by atoms with Crippen LogP contribution in [0.3, 0.4) is 0 Å². The predicted octanol–water partition coefficient (Wildman–Crippen LogP) is 6.59.